The van der Waals surface area contributed by atoms with Crippen molar-refractivity contribution in [1.82, 2.24) is 15.2 Å². The topological polar surface area (TPSA) is 50.8 Å². The number of aromatic amines is 1. The Morgan fingerprint density at radius 2 is 1.96 bits per heavy atom. The number of ether oxygens (including phenoxy) is 1. The van der Waals surface area contributed by atoms with Crippen LogP contribution >= 0.6 is 11.8 Å². The minimum Gasteiger partial charge on any atom is -0.496 e. The normalized spacial score (nSPS) is 10.7. The maximum atomic E-state index is 13.4. The van der Waals surface area contributed by atoms with Crippen LogP contribution in [0.2, 0.25) is 0 Å². The van der Waals surface area contributed by atoms with E-state index in [0.717, 1.165) is 17.0 Å². The lowest BCUT2D eigenvalue weighted by Crippen LogP contribution is -1.92. The van der Waals surface area contributed by atoms with E-state index in [0.29, 0.717) is 16.7 Å². The van der Waals surface area contributed by atoms with Gasteiger partial charge in [-0.15, -0.1) is 5.10 Å². The van der Waals surface area contributed by atoms with E-state index in [9.17, 15) is 4.39 Å². The minimum absolute atomic E-state index is 0.281. The van der Waals surface area contributed by atoms with Gasteiger partial charge in [0.2, 0.25) is 5.16 Å². The molecule has 0 atom stereocenters. The number of nitrogens with one attached hydrogen (secondary N) is 1. The van der Waals surface area contributed by atoms with Crippen molar-refractivity contribution in [3.05, 3.63) is 59.4 Å². The number of hydrogen-bond acceptors (Lipinski definition) is 4. The molecule has 1 N–H and O–H groups in total. The Morgan fingerprint density at radius 3 is 2.70 bits per heavy atom. The molecule has 0 unspecified atom stereocenters. The summed E-state index contributed by atoms with van der Waals surface area (Å²) in [6.45, 7) is 2.04. The van der Waals surface area contributed by atoms with Crippen molar-refractivity contribution in [3.8, 4) is 17.1 Å². The molecule has 3 aromatic rings. The summed E-state index contributed by atoms with van der Waals surface area (Å²) in [6.07, 6.45) is 0. The van der Waals surface area contributed by atoms with Gasteiger partial charge >= 0.3 is 0 Å². The van der Waals surface area contributed by atoms with Crippen molar-refractivity contribution in [2.75, 3.05) is 7.11 Å². The second-order valence-electron chi connectivity index (χ2n) is 5.08. The van der Waals surface area contributed by atoms with Crippen LogP contribution in [0.3, 0.4) is 0 Å². The fourth-order valence-corrected chi connectivity index (χ4v) is 2.93. The van der Waals surface area contributed by atoms with Crippen LogP contribution < -0.4 is 4.74 Å². The van der Waals surface area contributed by atoms with E-state index >= 15 is 0 Å². The molecular formula is C17H16FN3OS. The first-order valence-electron chi connectivity index (χ1n) is 7.10. The second kappa shape index (κ2) is 6.83. The number of H-pyrrole nitrogens is 1. The predicted molar refractivity (Wildman–Crippen MR) is 89.1 cm³/mol. The van der Waals surface area contributed by atoms with Gasteiger partial charge in [0.15, 0.2) is 5.82 Å². The van der Waals surface area contributed by atoms with Crippen molar-refractivity contribution in [3.63, 3.8) is 0 Å². The zero-order valence-electron chi connectivity index (χ0n) is 12.8. The maximum absolute atomic E-state index is 13.4. The third-order valence-electron chi connectivity index (χ3n) is 3.39. The summed E-state index contributed by atoms with van der Waals surface area (Å²) in [4.78, 5) is 4.46. The Morgan fingerprint density at radius 1 is 1.17 bits per heavy atom. The molecule has 1 aromatic heterocycles. The van der Waals surface area contributed by atoms with E-state index in [1.807, 2.05) is 31.2 Å². The van der Waals surface area contributed by atoms with Gasteiger partial charge < -0.3 is 4.74 Å². The molecule has 118 valence electrons. The first-order valence-corrected chi connectivity index (χ1v) is 8.09. The van der Waals surface area contributed by atoms with Crippen molar-refractivity contribution in [2.24, 2.45) is 0 Å². The van der Waals surface area contributed by atoms with Gasteiger partial charge in [0.25, 0.3) is 0 Å². The smallest absolute Gasteiger partial charge is 0.209 e. The van der Waals surface area contributed by atoms with Gasteiger partial charge in [0.05, 0.1) is 7.11 Å². The summed E-state index contributed by atoms with van der Waals surface area (Å²) in [5.41, 5.74) is 2.96. The molecule has 3 rings (SSSR count). The number of benzene rings is 2. The van der Waals surface area contributed by atoms with Crippen molar-refractivity contribution in [2.45, 2.75) is 17.8 Å². The second-order valence-corrected chi connectivity index (χ2v) is 6.02. The highest BCUT2D eigenvalue weighted by atomic mass is 32.2. The molecule has 2 aromatic carbocycles. The lowest BCUT2D eigenvalue weighted by Gasteiger charge is -2.06. The molecule has 0 fully saturated rings. The SMILES string of the molecule is COc1ccc(F)cc1CSc1n[nH]c(-c2ccc(C)cc2)n1. The van der Waals surface area contributed by atoms with Crippen LogP contribution in [0.25, 0.3) is 11.4 Å². The summed E-state index contributed by atoms with van der Waals surface area (Å²) in [5, 5.41) is 7.75. The van der Waals surface area contributed by atoms with E-state index in [1.54, 1.807) is 13.2 Å². The Kier molecular flexibility index (Phi) is 4.62. The molecule has 0 saturated carbocycles. The number of aromatic nitrogens is 3. The third kappa shape index (κ3) is 3.71. The number of methoxy groups -OCH3 is 1. The fourth-order valence-electron chi connectivity index (χ4n) is 2.15. The van der Waals surface area contributed by atoms with E-state index < -0.39 is 0 Å². The number of thioether (sulfide) groups is 1. The molecule has 6 heteroatoms. The van der Waals surface area contributed by atoms with E-state index in [1.165, 1.54) is 29.5 Å². The molecule has 0 aliphatic heterocycles. The van der Waals surface area contributed by atoms with Crippen molar-refractivity contribution >= 4 is 11.8 Å². The zero-order chi connectivity index (χ0) is 16.2. The summed E-state index contributed by atoms with van der Waals surface area (Å²) < 4.78 is 18.6. The lowest BCUT2D eigenvalue weighted by atomic mass is 10.1. The van der Waals surface area contributed by atoms with Crippen molar-refractivity contribution < 1.29 is 9.13 Å². The first-order chi connectivity index (χ1) is 11.2. The van der Waals surface area contributed by atoms with Gasteiger partial charge in [0.1, 0.15) is 11.6 Å². The highest BCUT2D eigenvalue weighted by molar-refractivity contribution is 7.98. The largest absolute Gasteiger partial charge is 0.496 e. The quantitative estimate of drug-likeness (QED) is 0.712. The van der Waals surface area contributed by atoms with E-state index in [-0.39, 0.29) is 5.82 Å². The van der Waals surface area contributed by atoms with Crippen LogP contribution in [0.5, 0.6) is 5.75 Å². The van der Waals surface area contributed by atoms with Crippen LogP contribution in [0.1, 0.15) is 11.1 Å². The molecule has 1 heterocycles. The number of halogens is 1. The van der Waals surface area contributed by atoms with Gasteiger partial charge in [-0.1, -0.05) is 41.6 Å². The fraction of sp³-hybridized carbons (Fsp3) is 0.176. The average molecular weight is 329 g/mol. The van der Waals surface area contributed by atoms with E-state index in [2.05, 4.69) is 15.2 Å². The highest BCUT2D eigenvalue weighted by Crippen LogP contribution is 2.27. The maximum Gasteiger partial charge on any atom is 0.209 e. The van der Waals surface area contributed by atoms with Gasteiger partial charge in [-0.3, -0.25) is 5.10 Å². The molecule has 0 aliphatic rings. The van der Waals surface area contributed by atoms with Crippen molar-refractivity contribution in [1.29, 1.82) is 0 Å². The standard InChI is InChI=1S/C17H16FN3OS/c1-11-3-5-12(6-4-11)16-19-17(21-20-16)23-10-13-9-14(18)7-8-15(13)22-2/h3-9H,10H2,1-2H3,(H,19,20,21). The number of aryl methyl sites for hydroxylation is 1. The molecule has 23 heavy (non-hydrogen) atoms. The minimum atomic E-state index is -0.281. The molecule has 0 saturated heterocycles. The van der Waals surface area contributed by atoms with Gasteiger partial charge in [-0.2, -0.15) is 0 Å². The molecule has 4 nitrogen and oxygen atoms in total. The zero-order valence-corrected chi connectivity index (χ0v) is 13.7. The van der Waals surface area contributed by atoms with Crippen LogP contribution in [0, 0.1) is 12.7 Å². The Bertz CT molecular complexity index is 802. The molecule has 0 spiro atoms. The van der Waals surface area contributed by atoms with Gasteiger partial charge in [-0.05, 0) is 25.1 Å². The Balaban J connectivity index is 1.72. The average Bonchev–Trinajstić information content (AvgIpc) is 3.03. The Hall–Kier alpha value is -2.34. The summed E-state index contributed by atoms with van der Waals surface area (Å²) >= 11 is 1.43. The monoisotopic (exact) mass is 329 g/mol. The number of rotatable bonds is 5. The van der Waals surface area contributed by atoms with Crippen LogP contribution in [0.15, 0.2) is 47.6 Å². The van der Waals surface area contributed by atoms with Gasteiger partial charge in [-0.25, -0.2) is 9.37 Å². The predicted octanol–water partition coefficient (Wildman–Crippen LogP) is 4.22. The Labute approximate surface area is 138 Å². The molecule has 0 amide bonds. The number of nitrogens with zero attached hydrogens (tertiary/aromatic N) is 2. The first kappa shape index (κ1) is 15.6. The summed E-state index contributed by atoms with van der Waals surface area (Å²) in [5.74, 6) is 1.63. The molecular weight excluding hydrogens is 313 g/mol. The number of hydrogen-bond donors (Lipinski definition) is 1. The van der Waals surface area contributed by atoms with Crippen LogP contribution in [0.4, 0.5) is 4.39 Å². The van der Waals surface area contributed by atoms with Crippen LogP contribution in [-0.2, 0) is 5.75 Å². The van der Waals surface area contributed by atoms with E-state index in [4.69, 9.17) is 4.74 Å². The molecule has 0 bridgehead atoms. The highest BCUT2D eigenvalue weighted by Gasteiger charge is 2.09. The lowest BCUT2D eigenvalue weighted by molar-refractivity contribution is 0.410. The molecule has 0 radical (unpaired) electrons. The summed E-state index contributed by atoms with van der Waals surface area (Å²) in [6, 6.07) is 12.5. The van der Waals surface area contributed by atoms with Crippen LogP contribution in [-0.4, -0.2) is 22.3 Å². The third-order valence-corrected chi connectivity index (χ3v) is 4.29. The summed E-state index contributed by atoms with van der Waals surface area (Å²) in [7, 11) is 1.57. The van der Waals surface area contributed by atoms with Gasteiger partial charge in [0, 0.05) is 16.9 Å². The molecule has 0 aliphatic carbocycles.